The van der Waals surface area contributed by atoms with Crippen LogP contribution in [-0.2, 0) is 4.79 Å². The van der Waals surface area contributed by atoms with Gasteiger partial charge in [-0.1, -0.05) is 6.92 Å². The van der Waals surface area contributed by atoms with Crippen LogP contribution in [0.2, 0.25) is 0 Å². The predicted octanol–water partition coefficient (Wildman–Crippen LogP) is 0.901. The maximum Gasteiger partial charge on any atom is 0.236 e. The summed E-state index contributed by atoms with van der Waals surface area (Å²) in [4.78, 5) is 11.4. The lowest BCUT2D eigenvalue weighted by Crippen LogP contribution is -2.43. The van der Waals surface area contributed by atoms with Crippen LogP contribution >= 0.6 is 0 Å². The Kier molecular flexibility index (Phi) is 4.22. The summed E-state index contributed by atoms with van der Waals surface area (Å²) in [5.74, 6) is 0.962. The summed E-state index contributed by atoms with van der Waals surface area (Å²) in [7, 11) is 0. The number of rotatable bonds is 6. The highest BCUT2D eigenvalue weighted by Gasteiger charge is 2.22. The van der Waals surface area contributed by atoms with Crippen molar-refractivity contribution in [3.63, 3.8) is 0 Å². The second kappa shape index (κ2) is 5.22. The first-order valence-electron chi connectivity index (χ1n) is 5.25. The lowest BCUT2D eigenvalue weighted by Gasteiger charge is -2.12. The average Bonchev–Trinajstić information content (AvgIpc) is 2.93. The van der Waals surface area contributed by atoms with Crippen molar-refractivity contribution in [1.29, 1.82) is 0 Å². The smallest absolute Gasteiger partial charge is 0.236 e. The van der Waals surface area contributed by atoms with Gasteiger partial charge in [-0.25, -0.2) is 0 Å². The molecule has 1 aliphatic carbocycles. The van der Waals surface area contributed by atoms with Gasteiger partial charge in [0.25, 0.3) is 0 Å². The standard InChI is InChI=1S/C10H20N2O/c1-3-6-11-10(13)8(2)12-7-9-4-5-9/h8-9,12H,3-7H2,1-2H3,(H,11,13). The lowest BCUT2D eigenvalue weighted by atomic mass is 10.3. The van der Waals surface area contributed by atoms with Crippen LogP contribution in [-0.4, -0.2) is 25.0 Å². The van der Waals surface area contributed by atoms with Crippen LogP contribution < -0.4 is 10.6 Å². The summed E-state index contributed by atoms with van der Waals surface area (Å²) in [6.07, 6.45) is 3.66. The van der Waals surface area contributed by atoms with E-state index in [1.807, 2.05) is 6.92 Å². The van der Waals surface area contributed by atoms with E-state index in [2.05, 4.69) is 17.6 Å². The Morgan fingerprint density at radius 3 is 2.77 bits per heavy atom. The van der Waals surface area contributed by atoms with Gasteiger partial charge in [0, 0.05) is 6.54 Å². The third kappa shape index (κ3) is 4.27. The second-order valence-electron chi connectivity index (χ2n) is 3.86. The van der Waals surface area contributed by atoms with Gasteiger partial charge < -0.3 is 10.6 Å². The van der Waals surface area contributed by atoms with Crippen molar-refractivity contribution in [2.75, 3.05) is 13.1 Å². The monoisotopic (exact) mass is 184 g/mol. The van der Waals surface area contributed by atoms with Crippen molar-refractivity contribution < 1.29 is 4.79 Å². The molecular formula is C10H20N2O. The van der Waals surface area contributed by atoms with Crippen LogP contribution in [0.5, 0.6) is 0 Å². The van der Waals surface area contributed by atoms with E-state index in [1.54, 1.807) is 0 Å². The molecule has 0 heterocycles. The molecule has 3 heteroatoms. The minimum Gasteiger partial charge on any atom is -0.355 e. The van der Waals surface area contributed by atoms with E-state index in [0.717, 1.165) is 25.4 Å². The quantitative estimate of drug-likeness (QED) is 0.644. The Morgan fingerprint density at radius 2 is 2.23 bits per heavy atom. The molecule has 0 radical (unpaired) electrons. The van der Waals surface area contributed by atoms with Crippen LogP contribution in [0.25, 0.3) is 0 Å². The summed E-state index contributed by atoms with van der Waals surface area (Å²) >= 11 is 0. The molecule has 2 N–H and O–H groups in total. The zero-order chi connectivity index (χ0) is 9.68. The molecule has 1 saturated carbocycles. The zero-order valence-electron chi connectivity index (χ0n) is 8.60. The summed E-state index contributed by atoms with van der Waals surface area (Å²) in [5.41, 5.74) is 0. The van der Waals surface area contributed by atoms with Crippen molar-refractivity contribution in [2.24, 2.45) is 5.92 Å². The molecule has 0 aromatic rings. The normalized spacial score (nSPS) is 18.3. The Balaban J connectivity index is 2.05. The Morgan fingerprint density at radius 1 is 1.54 bits per heavy atom. The molecule has 1 fully saturated rings. The number of carbonyl (C=O) groups excluding carboxylic acids is 1. The average molecular weight is 184 g/mol. The zero-order valence-corrected chi connectivity index (χ0v) is 8.60. The van der Waals surface area contributed by atoms with Crippen molar-refractivity contribution in [2.45, 2.75) is 39.2 Å². The molecule has 0 spiro atoms. The Bertz CT molecular complexity index is 166. The van der Waals surface area contributed by atoms with Gasteiger partial charge in [-0.05, 0) is 38.6 Å². The van der Waals surface area contributed by atoms with Crippen LogP contribution in [0.4, 0.5) is 0 Å². The van der Waals surface area contributed by atoms with Crippen molar-refractivity contribution in [1.82, 2.24) is 10.6 Å². The van der Waals surface area contributed by atoms with Gasteiger partial charge in [-0.15, -0.1) is 0 Å². The molecule has 3 nitrogen and oxygen atoms in total. The van der Waals surface area contributed by atoms with Crippen molar-refractivity contribution in [3.8, 4) is 0 Å². The van der Waals surface area contributed by atoms with Gasteiger partial charge in [0.05, 0.1) is 6.04 Å². The van der Waals surface area contributed by atoms with Gasteiger partial charge in [0.2, 0.25) is 5.91 Å². The molecule has 0 saturated heterocycles. The summed E-state index contributed by atoms with van der Waals surface area (Å²) in [6.45, 7) is 5.77. The molecule has 0 bridgehead atoms. The maximum absolute atomic E-state index is 11.4. The third-order valence-corrected chi connectivity index (χ3v) is 2.35. The fourth-order valence-electron chi connectivity index (χ4n) is 1.16. The van der Waals surface area contributed by atoms with Crippen LogP contribution in [0.15, 0.2) is 0 Å². The molecule has 1 amide bonds. The summed E-state index contributed by atoms with van der Waals surface area (Å²) < 4.78 is 0. The third-order valence-electron chi connectivity index (χ3n) is 2.35. The van der Waals surface area contributed by atoms with E-state index in [4.69, 9.17) is 0 Å². The van der Waals surface area contributed by atoms with Gasteiger partial charge >= 0.3 is 0 Å². The molecule has 1 unspecified atom stereocenters. The van der Waals surface area contributed by atoms with E-state index in [-0.39, 0.29) is 11.9 Å². The SMILES string of the molecule is CCCNC(=O)C(C)NCC1CC1. The van der Waals surface area contributed by atoms with E-state index in [0.29, 0.717) is 0 Å². The molecule has 0 aliphatic heterocycles. The molecule has 1 atom stereocenters. The fraction of sp³-hybridized carbons (Fsp3) is 0.900. The molecule has 76 valence electrons. The Labute approximate surface area is 80.3 Å². The minimum absolute atomic E-state index is 0.0350. The number of amides is 1. The summed E-state index contributed by atoms with van der Waals surface area (Å²) in [5, 5.41) is 6.12. The molecule has 0 aromatic heterocycles. The highest BCUT2D eigenvalue weighted by Crippen LogP contribution is 2.27. The van der Waals surface area contributed by atoms with Gasteiger partial charge in [-0.3, -0.25) is 4.79 Å². The van der Waals surface area contributed by atoms with Gasteiger partial charge in [0.1, 0.15) is 0 Å². The van der Waals surface area contributed by atoms with Crippen molar-refractivity contribution >= 4 is 5.91 Å². The first-order chi connectivity index (χ1) is 6.24. The molecular weight excluding hydrogens is 164 g/mol. The first-order valence-corrected chi connectivity index (χ1v) is 5.25. The number of carbonyl (C=O) groups is 1. The predicted molar refractivity (Wildman–Crippen MR) is 53.5 cm³/mol. The van der Waals surface area contributed by atoms with E-state index in [1.165, 1.54) is 12.8 Å². The van der Waals surface area contributed by atoms with Crippen LogP contribution in [0.3, 0.4) is 0 Å². The molecule has 1 rings (SSSR count). The molecule has 0 aromatic carbocycles. The molecule has 13 heavy (non-hydrogen) atoms. The minimum atomic E-state index is -0.0350. The van der Waals surface area contributed by atoms with Crippen LogP contribution in [0.1, 0.15) is 33.1 Å². The number of hydrogen-bond acceptors (Lipinski definition) is 2. The van der Waals surface area contributed by atoms with Gasteiger partial charge in [0.15, 0.2) is 0 Å². The summed E-state index contributed by atoms with van der Waals surface area (Å²) in [6, 6.07) is -0.0350. The largest absolute Gasteiger partial charge is 0.355 e. The van der Waals surface area contributed by atoms with Gasteiger partial charge in [-0.2, -0.15) is 0 Å². The fourth-order valence-corrected chi connectivity index (χ4v) is 1.16. The number of hydrogen-bond donors (Lipinski definition) is 2. The lowest BCUT2D eigenvalue weighted by molar-refractivity contribution is -0.122. The highest BCUT2D eigenvalue weighted by atomic mass is 16.2. The maximum atomic E-state index is 11.4. The van der Waals surface area contributed by atoms with Crippen LogP contribution in [0, 0.1) is 5.92 Å². The highest BCUT2D eigenvalue weighted by molar-refractivity contribution is 5.81. The van der Waals surface area contributed by atoms with E-state index >= 15 is 0 Å². The topological polar surface area (TPSA) is 41.1 Å². The van der Waals surface area contributed by atoms with E-state index < -0.39 is 0 Å². The number of nitrogens with one attached hydrogen (secondary N) is 2. The van der Waals surface area contributed by atoms with E-state index in [9.17, 15) is 4.79 Å². The van der Waals surface area contributed by atoms with Crippen molar-refractivity contribution in [3.05, 3.63) is 0 Å². The Hall–Kier alpha value is -0.570. The molecule has 1 aliphatic rings. The first kappa shape index (κ1) is 10.5. The second-order valence-corrected chi connectivity index (χ2v) is 3.86.